The number of methoxy groups -OCH3 is 2. The van der Waals surface area contributed by atoms with Crippen LogP contribution >= 0.6 is 0 Å². The zero-order chi connectivity index (χ0) is 18.3. The van der Waals surface area contributed by atoms with Crippen molar-refractivity contribution in [2.45, 2.75) is 4.90 Å². The van der Waals surface area contributed by atoms with Gasteiger partial charge < -0.3 is 14.8 Å². The maximum atomic E-state index is 12.5. The number of hydrogen-bond acceptors (Lipinski definition) is 5. The maximum Gasteiger partial charge on any atom is 0.261 e. The van der Waals surface area contributed by atoms with Crippen molar-refractivity contribution in [3.63, 3.8) is 0 Å². The van der Waals surface area contributed by atoms with E-state index in [1.165, 1.54) is 32.4 Å². The Morgan fingerprint density at radius 2 is 1.80 bits per heavy atom. The highest BCUT2D eigenvalue weighted by Crippen LogP contribution is 2.20. The predicted octanol–water partition coefficient (Wildman–Crippen LogP) is 1.87. The molecule has 0 aliphatic rings. The number of hydrogen-bond donors (Lipinski definition) is 2. The fraction of sp³-hybridized carbons (Fsp3) is 0.235. The molecule has 0 spiro atoms. The molecular weight excluding hydrogens is 344 g/mol. The fourth-order valence-corrected chi connectivity index (χ4v) is 3.15. The van der Waals surface area contributed by atoms with Crippen molar-refractivity contribution in [3.05, 3.63) is 54.1 Å². The van der Waals surface area contributed by atoms with Crippen LogP contribution in [0.3, 0.4) is 0 Å². The molecule has 0 saturated carbocycles. The van der Waals surface area contributed by atoms with Crippen LogP contribution in [0.4, 0.5) is 5.69 Å². The molecule has 0 heterocycles. The van der Waals surface area contributed by atoms with Gasteiger partial charge in [-0.3, -0.25) is 9.52 Å². The summed E-state index contributed by atoms with van der Waals surface area (Å²) in [5.74, 6) is 0.260. The average Bonchev–Trinajstić information content (AvgIpc) is 2.62. The SMILES string of the molecule is COCCNC(=O)c1cccc(S(=O)(=O)Nc2ccc(OC)cc2)c1. The molecule has 0 aliphatic carbocycles. The van der Waals surface area contributed by atoms with Crippen LogP contribution in [0.25, 0.3) is 0 Å². The Balaban J connectivity index is 2.15. The monoisotopic (exact) mass is 364 g/mol. The summed E-state index contributed by atoms with van der Waals surface area (Å²) in [6, 6.07) is 12.3. The quantitative estimate of drug-likeness (QED) is 0.698. The van der Waals surface area contributed by atoms with E-state index in [1.54, 1.807) is 30.3 Å². The van der Waals surface area contributed by atoms with Crippen LogP contribution in [-0.2, 0) is 14.8 Å². The Bertz CT molecular complexity index is 819. The molecule has 0 aliphatic heterocycles. The van der Waals surface area contributed by atoms with Crippen LogP contribution in [0.15, 0.2) is 53.4 Å². The smallest absolute Gasteiger partial charge is 0.261 e. The van der Waals surface area contributed by atoms with Crippen molar-refractivity contribution in [1.82, 2.24) is 5.32 Å². The number of nitrogens with one attached hydrogen (secondary N) is 2. The van der Waals surface area contributed by atoms with Gasteiger partial charge in [-0.05, 0) is 42.5 Å². The van der Waals surface area contributed by atoms with Gasteiger partial charge in [-0.25, -0.2) is 8.42 Å². The van der Waals surface area contributed by atoms with E-state index in [1.807, 2.05) is 0 Å². The molecule has 0 bridgehead atoms. The van der Waals surface area contributed by atoms with Crippen molar-refractivity contribution >= 4 is 21.6 Å². The lowest BCUT2D eigenvalue weighted by Crippen LogP contribution is -2.27. The largest absolute Gasteiger partial charge is 0.497 e. The molecular formula is C17H20N2O5S. The van der Waals surface area contributed by atoms with Gasteiger partial charge in [0.05, 0.1) is 18.6 Å². The van der Waals surface area contributed by atoms with Crippen LogP contribution in [-0.4, -0.2) is 41.7 Å². The Morgan fingerprint density at radius 1 is 1.08 bits per heavy atom. The van der Waals surface area contributed by atoms with E-state index in [0.29, 0.717) is 24.6 Å². The molecule has 134 valence electrons. The van der Waals surface area contributed by atoms with E-state index >= 15 is 0 Å². The van der Waals surface area contributed by atoms with Gasteiger partial charge in [-0.2, -0.15) is 0 Å². The summed E-state index contributed by atoms with van der Waals surface area (Å²) >= 11 is 0. The second-order valence-corrected chi connectivity index (χ2v) is 6.79. The summed E-state index contributed by atoms with van der Waals surface area (Å²) in [6.45, 7) is 0.721. The topological polar surface area (TPSA) is 93.7 Å². The first kappa shape index (κ1) is 18.8. The van der Waals surface area contributed by atoms with E-state index in [0.717, 1.165) is 0 Å². The first-order chi connectivity index (χ1) is 12.0. The zero-order valence-corrected chi connectivity index (χ0v) is 14.8. The van der Waals surface area contributed by atoms with Crippen LogP contribution < -0.4 is 14.8 Å². The standard InChI is InChI=1S/C17H20N2O5S/c1-23-11-10-18-17(20)13-4-3-5-16(12-13)25(21,22)19-14-6-8-15(24-2)9-7-14/h3-9,12,19H,10-11H2,1-2H3,(H,18,20). The number of ether oxygens (including phenoxy) is 2. The number of sulfonamides is 1. The third kappa shape index (κ3) is 5.20. The van der Waals surface area contributed by atoms with Gasteiger partial charge in [0.2, 0.25) is 0 Å². The molecule has 0 fully saturated rings. The van der Waals surface area contributed by atoms with Crippen molar-refractivity contribution in [3.8, 4) is 5.75 Å². The number of amides is 1. The number of anilines is 1. The van der Waals surface area contributed by atoms with E-state index in [4.69, 9.17) is 9.47 Å². The number of carbonyl (C=O) groups excluding carboxylic acids is 1. The first-order valence-corrected chi connectivity index (χ1v) is 8.98. The van der Waals surface area contributed by atoms with Crippen molar-refractivity contribution in [2.75, 3.05) is 32.1 Å². The number of benzene rings is 2. The molecule has 0 atom stereocenters. The Kier molecular flexibility index (Phi) is 6.37. The van der Waals surface area contributed by atoms with Crippen molar-refractivity contribution < 1.29 is 22.7 Å². The van der Waals surface area contributed by atoms with E-state index in [2.05, 4.69) is 10.0 Å². The highest BCUT2D eigenvalue weighted by molar-refractivity contribution is 7.92. The lowest BCUT2D eigenvalue weighted by molar-refractivity contribution is 0.0937. The van der Waals surface area contributed by atoms with Gasteiger partial charge in [0.15, 0.2) is 0 Å². The molecule has 1 amide bonds. The van der Waals surface area contributed by atoms with Gasteiger partial charge in [0.25, 0.3) is 15.9 Å². The molecule has 0 aromatic heterocycles. The van der Waals surface area contributed by atoms with Crippen LogP contribution in [0.2, 0.25) is 0 Å². The Hall–Kier alpha value is -2.58. The van der Waals surface area contributed by atoms with Crippen LogP contribution in [0.1, 0.15) is 10.4 Å². The zero-order valence-electron chi connectivity index (χ0n) is 14.0. The summed E-state index contributed by atoms with van der Waals surface area (Å²) in [6.07, 6.45) is 0. The maximum absolute atomic E-state index is 12.5. The molecule has 2 aromatic carbocycles. The Labute approximate surface area is 147 Å². The minimum atomic E-state index is -3.81. The van der Waals surface area contributed by atoms with Crippen molar-refractivity contribution in [2.24, 2.45) is 0 Å². The van der Waals surface area contributed by atoms with Gasteiger partial charge in [-0.15, -0.1) is 0 Å². The fourth-order valence-electron chi connectivity index (χ4n) is 2.05. The minimum absolute atomic E-state index is 0.00251. The van der Waals surface area contributed by atoms with Gasteiger partial charge in [0, 0.05) is 24.9 Å². The van der Waals surface area contributed by atoms with Gasteiger partial charge in [0.1, 0.15) is 5.75 Å². The number of rotatable bonds is 8. The summed E-state index contributed by atoms with van der Waals surface area (Å²) in [5.41, 5.74) is 0.657. The molecule has 0 radical (unpaired) electrons. The summed E-state index contributed by atoms with van der Waals surface area (Å²) in [4.78, 5) is 12.0. The van der Waals surface area contributed by atoms with E-state index in [-0.39, 0.29) is 16.4 Å². The number of carbonyl (C=O) groups is 1. The third-order valence-corrected chi connectivity index (χ3v) is 4.72. The summed E-state index contributed by atoms with van der Waals surface area (Å²) < 4.78 is 37.4. The highest BCUT2D eigenvalue weighted by atomic mass is 32.2. The molecule has 2 aromatic rings. The molecule has 8 heteroatoms. The second kappa shape index (κ2) is 8.50. The third-order valence-electron chi connectivity index (χ3n) is 3.34. The molecule has 0 saturated heterocycles. The Morgan fingerprint density at radius 3 is 2.44 bits per heavy atom. The molecule has 7 nitrogen and oxygen atoms in total. The van der Waals surface area contributed by atoms with Crippen molar-refractivity contribution in [1.29, 1.82) is 0 Å². The molecule has 25 heavy (non-hydrogen) atoms. The molecule has 2 rings (SSSR count). The summed E-state index contributed by atoms with van der Waals surface area (Å²) in [7, 11) is -0.748. The lowest BCUT2D eigenvalue weighted by Gasteiger charge is -2.10. The average molecular weight is 364 g/mol. The van der Waals surface area contributed by atoms with Gasteiger partial charge >= 0.3 is 0 Å². The highest BCUT2D eigenvalue weighted by Gasteiger charge is 2.16. The lowest BCUT2D eigenvalue weighted by atomic mass is 10.2. The van der Waals surface area contributed by atoms with E-state index < -0.39 is 10.0 Å². The minimum Gasteiger partial charge on any atom is -0.497 e. The normalized spacial score (nSPS) is 11.0. The predicted molar refractivity (Wildman–Crippen MR) is 94.5 cm³/mol. The molecule has 2 N–H and O–H groups in total. The van der Waals surface area contributed by atoms with E-state index in [9.17, 15) is 13.2 Å². The van der Waals surface area contributed by atoms with Gasteiger partial charge in [-0.1, -0.05) is 6.07 Å². The molecule has 0 unspecified atom stereocenters. The first-order valence-electron chi connectivity index (χ1n) is 7.50. The second-order valence-electron chi connectivity index (χ2n) is 5.11. The van der Waals surface area contributed by atoms with Crippen LogP contribution in [0.5, 0.6) is 5.75 Å². The summed E-state index contributed by atoms with van der Waals surface area (Å²) in [5, 5.41) is 2.65. The van der Waals surface area contributed by atoms with Crippen LogP contribution in [0, 0.1) is 0 Å².